The minimum atomic E-state index is -2.69. The molecule has 1 heterocycles. The number of carbonyl (C=O) groups excluding carboxylic acids is 1. The molecule has 5 nitrogen and oxygen atoms in total. The number of alkyl halides is 2. The van der Waals surface area contributed by atoms with E-state index >= 15 is 0 Å². The van der Waals surface area contributed by atoms with E-state index in [0.29, 0.717) is 5.69 Å². The summed E-state index contributed by atoms with van der Waals surface area (Å²) in [5.74, 6) is -3.27. The first-order valence-electron chi connectivity index (χ1n) is 5.54. The fourth-order valence-electron chi connectivity index (χ4n) is 2.54. The first kappa shape index (κ1) is 12.9. The molecule has 1 aliphatic rings. The lowest BCUT2D eigenvalue weighted by molar-refractivity contribution is -0.125. The van der Waals surface area contributed by atoms with Crippen molar-refractivity contribution in [2.45, 2.75) is 24.2 Å². The van der Waals surface area contributed by atoms with Crippen LogP contribution in [0.4, 0.5) is 8.78 Å². The van der Waals surface area contributed by atoms with E-state index in [4.69, 9.17) is 5.73 Å². The Kier molecular flexibility index (Phi) is 2.89. The van der Waals surface area contributed by atoms with Gasteiger partial charge in [-0.1, -0.05) is 0 Å². The lowest BCUT2D eigenvalue weighted by Crippen LogP contribution is -2.54. The fraction of sp³-hybridized carbons (Fsp3) is 0.636. The number of aryl methyl sites for hydroxylation is 1. The van der Waals surface area contributed by atoms with Crippen molar-refractivity contribution in [3.8, 4) is 0 Å². The molecule has 0 aliphatic heterocycles. The quantitative estimate of drug-likeness (QED) is 0.816. The molecular formula is C11H15F2N3O2. The summed E-state index contributed by atoms with van der Waals surface area (Å²) in [6.07, 6.45) is -0.618. The van der Waals surface area contributed by atoms with Crippen LogP contribution in [0.25, 0.3) is 0 Å². The first-order chi connectivity index (χ1) is 8.33. The van der Waals surface area contributed by atoms with Gasteiger partial charge in [-0.2, -0.15) is 5.10 Å². The zero-order valence-corrected chi connectivity index (χ0v) is 10.2. The predicted molar refractivity (Wildman–Crippen MR) is 59.5 cm³/mol. The van der Waals surface area contributed by atoms with Crippen LogP contribution in [0.1, 0.15) is 29.0 Å². The molecule has 0 amide bonds. The van der Waals surface area contributed by atoms with E-state index < -0.39 is 17.3 Å². The van der Waals surface area contributed by atoms with Crippen molar-refractivity contribution in [2.24, 2.45) is 12.8 Å². The minimum Gasteiger partial charge on any atom is -0.464 e. The van der Waals surface area contributed by atoms with Gasteiger partial charge in [-0.25, -0.2) is 13.6 Å². The normalized spacial score (nSPS) is 20.3. The molecule has 1 aliphatic carbocycles. The third kappa shape index (κ3) is 1.88. The van der Waals surface area contributed by atoms with Crippen LogP contribution >= 0.6 is 0 Å². The summed E-state index contributed by atoms with van der Waals surface area (Å²) in [4.78, 5) is 11.4. The van der Waals surface area contributed by atoms with Gasteiger partial charge in [0, 0.05) is 37.5 Å². The van der Waals surface area contributed by atoms with Crippen LogP contribution in [0.3, 0.4) is 0 Å². The summed E-state index contributed by atoms with van der Waals surface area (Å²) in [6, 6.07) is 1.48. The summed E-state index contributed by atoms with van der Waals surface area (Å²) in [5.41, 5.74) is 5.49. The molecule has 1 aromatic heterocycles. The van der Waals surface area contributed by atoms with Crippen LogP contribution < -0.4 is 5.73 Å². The molecule has 100 valence electrons. The molecule has 2 N–H and O–H groups in total. The lowest BCUT2D eigenvalue weighted by Gasteiger charge is -2.46. The third-order valence-corrected chi connectivity index (χ3v) is 3.40. The number of carbonyl (C=O) groups is 1. The zero-order chi connectivity index (χ0) is 13.6. The Balaban J connectivity index is 2.33. The van der Waals surface area contributed by atoms with Crippen molar-refractivity contribution < 1.29 is 18.3 Å². The predicted octanol–water partition coefficient (Wildman–Crippen LogP) is 0.832. The maximum absolute atomic E-state index is 13.1. The highest BCUT2D eigenvalue weighted by Crippen LogP contribution is 2.52. The van der Waals surface area contributed by atoms with Crippen LogP contribution in [-0.2, 0) is 17.2 Å². The highest BCUT2D eigenvalue weighted by molar-refractivity contribution is 5.87. The average molecular weight is 259 g/mol. The molecule has 0 aromatic carbocycles. The number of aromatic nitrogens is 2. The Morgan fingerprint density at radius 1 is 1.61 bits per heavy atom. The van der Waals surface area contributed by atoms with E-state index in [2.05, 4.69) is 9.84 Å². The van der Waals surface area contributed by atoms with Gasteiger partial charge in [-0.3, -0.25) is 4.68 Å². The average Bonchev–Trinajstić information content (AvgIpc) is 2.67. The van der Waals surface area contributed by atoms with Crippen molar-refractivity contribution in [2.75, 3.05) is 13.7 Å². The molecule has 1 fully saturated rings. The SMILES string of the molecule is COC(=O)c1cc(C2(CN)CC(F)(F)C2)n(C)n1. The topological polar surface area (TPSA) is 70.1 Å². The maximum atomic E-state index is 13.1. The minimum absolute atomic E-state index is 0.0999. The van der Waals surface area contributed by atoms with Gasteiger partial charge in [0.05, 0.1) is 7.11 Å². The van der Waals surface area contributed by atoms with E-state index in [1.165, 1.54) is 17.9 Å². The third-order valence-electron chi connectivity index (χ3n) is 3.40. The summed E-state index contributed by atoms with van der Waals surface area (Å²) in [5, 5.41) is 3.97. The Morgan fingerprint density at radius 2 is 2.22 bits per heavy atom. The maximum Gasteiger partial charge on any atom is 0.358 e. The second-order valence-corrected chi connectivity index (χ2v) is 4.72. The number of ether oxygens (including phenoxy) is 1. The van der Waals surface area contributed by atoms with Crippen LogP contribution in [0, 0.1) is 0 Å². The summed E-state index contributed by atoms with van der Waals surface area (Å²) in [7, 11) is 2.85. The Bertz CT molecular complexity index is 477. The lowest BCUT2D eigenvalue weighted by atomic mass is 9.64. The number of rotatable bonds is 3. The summed E-state index contributed by atoms with van der Waals surface area (Å²) >= 11 is 0. The number of methoxy groups -OCH3 is 1. The van der Waals surface area contributed by atoms with Crippen molar-refractivity contribution >= 4 is 5.97 Å². The molecule has 2 rings (SSSR count). The molecule has 0 saturated heterocycles. The molecule has 7 heteroatoms. The number of hydrogen-bond donors (Lipinski definition) is 1. The molecule has 1 aromatic rings. The number of esters is 1. The van der Waals surface area contributed by atoms with Gasteiger partial charge in [0.1, 0.15) is 0 Å². The van der Waals surface area contributed by atoms with Crippen molar-refractivity contribution in [1.82, 2.24) is 9.78 Å². The number of nitrogens with two attached hydrogens (primary N) is 1. The number of hydrogen-bond acceptors (Lipinski definition) is 4. The Hall–Kier alpha value is -1.50. The van der Waals surface area contributed by atoms with Gasteiger partial charge < -0.3 is 10.5 Å². The van der Waals surface area contributed by atoms with Crippen LogP contribution in [0.2, 0.25) is 0 Å². The van der Waals surface area contributed by atoms with Gasteiger partial charge in [-0.05, 0) is 6.07 Å². The fourth-order valence-corrected chi connectivity index (χ4v) is 2.54. The highest BCUT2D eigenvalue weighted by Gasteiger charge is 2.58. The molecule has 1 saturated carbocycles. The molecular weight excluding hydrogens is 244 g/mol. The summed E-state index contributed by atoms with van der Waals surface area (Å²) < 4.78 is 32.2. The van der Waals surface area contributed by atoms with Crippen LogP contribution in [0.15, 0.2) is 6.07 Å². The monoisotopic (exact) mass is 259 g/mol. The van der Waals surface area contributed by atoms with Gasteiger partial charge >= 0.3 is 5.97 Å². The van der Waals surface area contributed by atoms with Gasteiger partial charge in [-0.15, -0.1) is 0 Å². The second-order valence-electron chi connectivity index (χ2n) is 4.72. The smallest absolute Gasteiger partial charge is 0.358 e. The van der Waals surface area contributed by atoms with Crippen molar-refractivity contribution in [3.63, 3.8) is 0 Å². The van der Waals surface area contributed by atoms with E-state index in [-0.39, 0.29) is 25.1 Å². The molecule has 0 bridgehead atoms. The van der Waals surface area contributed by atoms with Gasteiger partial charge in [0.15, 0.2) is 5.69 Å². The molecule has 18 heavy (non-hydrogen) atoms. The molecule has 0 atom stereocenters. The number of nitrogens with zero attached hydrogens (tertiary/aromatic N) is 2. The van der Waals surface area contributed by atoms with Gasteiger partial charge in [0.2, 0.25) is 5.92 Å². The largest absolute Gasteiger partial charge is 0.464 e. The summed E-state index contributed by atoms with van der Waals surface area (Å²) in [6.45, 7) is 0.0999. The highest BCUT2D eigenvalue weighted by atomic mass is 19.3. The van der Waals surface area contributed by atoms with Crippen molar-refractivity contribution in [3.05, 3.63) is 17.5 Å². The molecule has 0 radical (unpaired) electrons. The molecule has 0 unspecified atom stereocenters. The van der Waals surface area contributed by atoms with Crippen molar-refractivity contribution in [1.29, 1.82) is 0 Å². The van der Waals surface area contributed by atoms with E-state index in [0.717, 1.165) is 0 Å². The Labute approximate surface area is 103 Å². The van der Waals surface area contributed by atoms with Crippen LogP contribution in [-0.4, -0.2) is 35.3 Å². The standard InChI is InChI=1S/C11H15F2N3O2/c1-16-8(3-7(15-16)9(17)18-2)10(6-14)4-11(12,13)5-10/h3H,4-6,14H2,1-2H3. The second kappa shape index (κ2) is 4.01. The van der Waals surface area contributed by atoms with E-state index in [1.54, 1.807) is 7.05 Å². The van der Waals surface area contributed by atoms with Crippen LogP contribution in [0.5, 0.6) is 0 Å². The zero-order valence-electron chi connectivity index (χ0n) is 10.2. The van der Waals surface area contributed by atoms with Gasteiger partial charge in [0.25, 0.3) is 0 Å². The van der Waals surface area contributed by atoms with E-state index in [9.17, 15) is 13.6 Å². The first-order valence-corrected chi connectivity index (χ1v) is 5.54. The van der Waals surface area contributed by atoms with E-state index in [1.807, 2.05) is 0 Å². The number of halogens is 2. The Morgan fingerprint density at radius 3 is 2.67 bits per heavy atom. The molecule has 0 spiro atoms.